The topological polar surface area (TPSA) is 66.5 Å². The molecule has 0 saturated carbocycles. The summed E-state index contributed by atoms with van der Waals surface area (Å²) in [5.41, 5.74) is 7.60. The Bertz CT molecular complexity index is 964. The molecule has 1 aliphatic heterocycles. The summed E-state index contributed by atoms with van der Waals surface area (Å²) in [7, 11) is 1.62. The Hall–Kier alpha value is -2.36. The van der Waals surface area contributed by atoms with Crippen LogP contribution in [0.5, 0.6) is 5.75 Å². The molecule has 2 aromatic carbocycles. The summed E-state index contributed by atoms with van der Waals surface area (Å²) < 4.78 is 19.4. The zero-order chi connectivity index (χ0) is 18.8. The number of ether oxygens (including phenoxy) is 1. The first-order chi connectivity index (χ1) is 13.1. The van der Waals surface area contributed by atoms with Gasteiger partial charge in [-0.3, -0.25) is 10.2 Å². The number of aromatic nitrogens is 1. The van der Waals surface area contributed by atoms with Crippen molar-refractivity contribution in [2.45, 2.75) is 12.0 Å². The summed E-state index contributed by atoms with van der Waals surface area (Å²) >= 11 is 2.93. The van der Waals surface area contributed by atoms with Crippen LogP contribution in [0.2, 0.25) is 0 Å². The summed E-state index contributed by atoms with van der Waals surface area (Å²) in [4.78, 5) is 18.4. The molecule has 0 radical (unpaired) electrons. The quantitative estimate of drug-likeness (QED) is 0.614. The molecule has 1 aromatic heterocycles. The lowest BCUT2D eigenvalue weighted by Crippen LogP contribution is -2.43. The van der Waals surface area contributed by atoms with Gasteiger partial charge >= 0.3 is 0 Å². The van der Waals surface area contributed by atoms with Crippen molar-refractivity contribution in [2.75, 3.05) is 18.3 Å². The van der Waals surface area contributed by atoms with Crippen LogP contribution in [0, 0.1) is 5.82 Å². The number of anilines is 1. The van der Waals surface area contributed by atoms with Crippen molar-refractivity contribution in [1.82, 2.24) is 15.3 Å². The number of thioether (sulfide) groups is 1. The van der Waals surface area contributed by atoms with Crippen LogP contribution in [0.25, 0.3) is 10.2 Å². The van der Waals surface area contributed by atoms with Crippen LogP contribution >= 0.6 is 23.1 Å². The minimum atomic E-state index is -0.310. The average molecular weight is 404 g/mol. The minimum absolute atomic E-state index is 0.0708. The summed E-state index contributed by atoms with van der Waals surface area (Å²) in [5, 5.41) is 0.625. The summed E-state index contributed by atoms with van der Waals surface area (Å²) in [5.74, 6) is 0.960. The average Bonchev–Trinajstić information content (AvgIpc) is 3.23. The Morgan fingerprint density at radius 2 is 2.11 bits per heavy atom. The molecule has 1 unspecified atom stereocenters. The Labute approximate surface area is 163 Å². The molecule has 0 bridgehead atoms. The Morgan fingerprint density at radius 1 is 1.30 bits per heavy atom. The molecular weight excluding hydrogens is 387 g/mol. The zero-order valence-electron chi connectivity index (χ0n) is 14.4. The lowest BCUT2D eigenvalue weighted by atomic mass is 10.2. The van der Waals surface area contributed by atoms with Crippen LogP contribution in [-0.2, 0) is 11.3 Å². The van der Waals surface area contributed by atoms with Gasteiger partial charge in [0, 0.05) is 12.6 Å². The fourth-order valence-corrected chi connectivity index (χ4v) is 4.54. The maximum atomic E-state index is 13.3. The number of carbonyl (C=O) groups is 1. The molecule has 140 valence electrons. The highest BCUT2D eigenvalue weighted by molar-refractivity contribution is 8.00. The molecule has 4 rings (SSSR count). The van der Waals surface area contributed by atoms with Gasteiger partial charge in [-0.1, -0.05) is 23.5 Å². The summed E-state index contributed by atoms with van der Waals surface area (Å²) in [6.07, 6.45) is 0. The van der Waals surface area contributed by atoms with Crippen molar-refractivity contribution in [3.05, 3.63) is 53.8 Å². The number of hydrogen-bond acceptors (Lipinski definition) is 7. The molecule has 1 amide bonds. The van der Waals surface area contributed by atoms with Gasteiger partial charge in [-0.25, -0.2) is 14.8 Å². The van der Waals surface area contributed by atoms with Crippen molar-refractivity contribution < 1.29 is 13.9 Å². The fourth-order valence-electron chi connectivity index (χ4n) is 2.75. The van der Waals surface area contributed by atoms with Gasteiger partial charge in [-0.05, 0) is 29.8 Å². The van der Waals surface area contributed by atoms with E-state index in [2.05, 4.69) is 15.8 Å². The van der Waals surface area contributed by atoms with Gasteiger partial charge in [0.15, 0.2) is 5.13 Å². The lowest BCUT2D eigenvalue weighted by Gasteiger charge is -2.24. The maximum Gasteiger partial charge on any atom is 0.234 e. The summed E-state index contributed by atoms with van der Waals surface area (Å²) in [6.45, 7) is 0.500. The van der Waals surface area contributed by atoms with Gasteiger partial charge in [-0.2, -0.15) is 0 Å². The number of methoxy groups -OCH3 is 1. The van der Waals surface area contributed by atoms with E-state index in [-0.39, 0.29) is 17.2 Å². The molecule has 2 heterocycles. The Kier molecular flexibility index (Phi) is 5.15. The number of halogens is 1. The van der Waals surface area contributed by atoms with Crippen molar-refractivity contribution in [2.24, 2.45) is 0 Å². The van der Waals surface area contributed by atoms with Crippen molar-refractivity contribution in [3.8, 4) is 5.75 Å². The highest BCUT2D eigenvalue weighted by atomic mass is 32.2. The third-order valence-electron chi connectivity index (χ3n) is 4.13. The number of rotatable bonds is 6. The van der Waals surface area contributed by atoms with E-state index in [1.165, 1.54) is 35.2 Å². The van der Waals surface area contributed by atoms with Crippen LogP contribution in [0.3, 0.4) is 0 Å². The predicted octanol–water partition coefficient (Wildman–Crippen LogP) is 3.42. The number of benzene rings is 2. The first-order valence-corrected chi connectivity index (χ1v) is 10.1. The molecule has 0 aliphatic carbocycles. The predicted molar refractivity (Wildman–Crippen MR) is 106 cm³/mol. The van der Waals surface area contributed by atoms with E-state index in [1.807, 2.05) is 24.3 Å². The number of hydrogen-bond donors (Lipinski definition) is 2. The third kappa shape index (κ3) is 4.00. The Morgan fingerprint density at radius 3 is 2.89 bits per heavy atom. The zero-order valence-corrected chi connectivity index (χ0v) is 16.1. The molecule has 27 heavy (non-hydrogen) atoms. The molecular formula is C18H17FN4O2S2. The summed E-state index contributed by atoms with van der Waals surface area (Å²) in [6, 6.07) is 12.2. The van der Waals surface area contributed by atoms with Crippen LogP contribution in [0.1, 0.15) is 5.56 Å². The number of carbonyl (C=O) groups excluding carboxylic acids is 1. The number of hydrazine groups is 1. The molecule has 2 N–H and O–H groups in total. The first kappa shape index (κ1) is 18.0. The lowest BCUT2D eigenvalue weighted by molar-refractivity contribution is -0.128. The van der Waals surface area contributed by atoms with Crippen molar-refractivity contribution in [1.29, 1.82) is 0 Å². The standard InChI is InChI=1S/C18H17FN4O2S2/c1-25-13-5-2-11(3-6-13)9-23-16(24)10-26-18(23)22-21-17-20-14-8-12(19)4-7-15(14)27-17/h2-8,18,22H,9-10H2,1H3,(H,20,21). The molecule has 1 atom stereocenters. The van der Waals surface area contributed by atoms with Crippen LogP contribution in [-0.4, -0.2) is 34.2 Å². The molecule has 1 aliphatic rings. The molecule has 3 aromatic rings. The van der Waals surface area contributed by atoms with E-state index in [4.69, 9.17) is 4.74 Å². The number of nitrogens with one attached hydrogen (secondary N) is 2. The molecule has 1 fully saturated rings. The SMILES string of the molecule is COc1ccc(CN2C(=O)CSC2NNc2nc3cc(F)ccc3s2)cc1. The third-order valence-corrected chi connectivity index (χ3v) is 6.19. The van der Waals surface area contributed by atoms with E-state index in [0.717, 1.165) is 16.0 Å². The number of thiazole rings is 1. The van der Waals surface area contributed by atoms with E-state index >= 15 is 0 Å². The van der Waals surface area contributed by atoms with Gasteiger partial charge < -0.3 is 9.64 Å². The molecule has 6 nitrogen and oxygen atoms in total. The van der Waals surface area contributed by atoms with E-state index in [1.54, 1.807) is 18.1 Å². The van der Waals surface area contributed by atoms with Gasteiger partial charge in [0.25, 0.3) is 0 Å². The smallest absolute Gasteiger partial charge is 0.234 e. The number of amides is 1. The second-order valence-corrected chi connectivity index (χ2v) is 8.03. The van der Waals surface area contributed by atoms with Crippen LogP contribution in [0.4, 0.5) is 9.52 Å². The van der Waals surface area contributed by atoms with Gasteiger partial charge in [0.05, 0.1) is 23.1 Å². The van der Waals surface area contributed by atoms with E-state index in [9.17, 15) is 9.18 Å². The normalized spacial score (nSPS) is 16.9. The van der Waals surface area contributed by atoms with Gasteiger partial charge in [-0.15, -0.1) is 11.8 Å². The molecule has 1 saturated heterocycles. The van der Waals surface area contributed by atoms with Gasteiger partial charge in [0.1, 0.15) is 17.1 Å². The molecule has 0 spiro atoms. The highest BCUT2D eigenvalue weighted by Crippen LogP contribution is 2.28. The van der Waals surface area contributed by atoms with Crippen LogP contribution in [0.15, 0.2) is 42.5 Å². The second kappa shape index (κ2) is 7.71. The monoisotopic (exact) mass is 404 g/mol. The second-order valence-electron chi connectivity index (χ2n) is 5.93. The number of fused-ring (bicyclic) bond motifs is 1. The Balaban J connectivity index is 1.42. The first-order valence-electron chi connectivity index (χ1n) is 8.24. The molecule has 9 heteroatoms. The van der Waals surface area contributed by atoms with Crippen LogP contribution < -0.4 is 15.6 Å². The highest BCUT2D eigenvalue weighted by Gasteiger charge is 2.31. The minimum Gasteiger partial charge on any atom is -0.497 e. The maximum absolute atomic E-state index is 13.3. The fraction of sp³-hybridized carbons (Fsp3) is 0.222. The van der Waals surface area contributed by atoms with Crippen molar-refractivity contribution in [3.63, 3.8) is 0 Å². The number of nitrogens with zero attached hydrogens (tertiary/aromatic N) is 2. The largest absolute Gasteiger partial charge is 0.497 e. The van der Waals surface area contributed by atoms with Crippen molar-refractivity contribution >= 4 is 44.4 Å². The van der Waals surface area contributed by atoms with Gasteiger partial charge in [0.2, 0.25) is 5.91 Å². The van der Waals surface area contributed by atoms with E-state index < -0.39 is 0 Å². The van der Waals surface area contributed by atoms with E-state index in [0.29, 0.717) is 22.9 Å².